The second-order valence-corrected chi connectivity index (χ2v) is 8.93. The predicted molar refractivity (Wildman–Crippen MR) is 110 cm³/mol. The van der Waals surface area contributed by atoms with Crippen LogP contribution in [-0.2, 0) is 9.53 Å². The Morgan fingerprint density at radius 1 is 1.34 bits per heavy atom. The van der Waals surface area contributed by atoms with Crippen molar-refractivity contribution < 1.29 is 14.3 Å². The summed E-state index contributed by atoms with van der Waals surface area (Å²) in [5, 5.41) is 3.09. The van der Waals surface area contributed by atoms with E-state index in [1.165, 1.54) is 11.1 Å². The highest BCUT2D eigenvalue weighted by molar-refractivity contribution is 6.22. The second-order valence-electron chi connectivity index (χ2n) is 8.46. The van der Waals surface area contributed by atoms with Crippen LogP contribution in [0.2, 0.25) is 0 Å². The van der Waals surface area contributed by atoms with Crippen LogP contribution >= 0.6 is 11.6 Å². The van der Waals surface area contributed by atoms with Gasteiger partial charge in [-0.15, -0.1) is 0 Å². The number of amides is 2. The van der Waals surface area contributed by atoms with E-state index in [4.69, 9.17) is 16.3 Å². The summed E-state index contributed by atoms with van der Waals surface area (Å²) in [5.74, 6) is 0.238. The Hall–Kier alpha value is -2.21. The van der Waals surface area contributed by atoms with Gasteiger partial charge in [-0.2, -0.15) is 0 Å². The number of likely N-dealkylation sites (tertiary alicyclic amines) is 1. The number of hydrogen-bond donors (Lipinski definition) is 1. The van der Waals surface area contributed by atoms with Crippen molar-refractivity contribution in [3.8, 4) is 0 Å². The second kappa shape index (κ2) is 7.24. The van der Waals surface area contributed by atoms with Crippen molar-refractivity contribution in [1.82, 2.24) is 15.1 Å². The molecule has 0 aromatic rings. The Morgan fingerprint density at radius 2 is 2.21 bits per heavy atom. The fraction of sp³-hybridized carbons (Fsp3) is 0.545. The number of carbonyl (C=O) groups is 2. The number of nitrogens with zero attached hydrogens (tertiary/aromatic N) is 2. The topological polar surface area (TPSA) is 61.9 Å². The van der Waals surface area contributed by atoms with Crippen LogP contribution in [0.5, 0.6) is 0 Å². The van der Waals surface area contributed by atoms with E-state index in [1.54, 1.807) is 6.08 Å². The van der Waals surface area contributed by atoms with Gasteiger partial charge in [0.05, 0.1) is 12.6 Å². The van der Waals surface area contributed by atoms with Gasteiger partial charge >= 0.3 is 6.09 Å². The number of halogens is 1. The quantitative estimate of drug-likeness (QED) is 0.568. The van der Waals surface area contributed by atoms with Gasteiger partial charge in [0.1, 0.15) is 11.6 Å². The zero-order valence-corrected chi connectivity index (χ0v) is 17.3. The summed E-state index contributed by atoms with van der Waals surface area (Å²) in [5.41, 5.74) is 4.04. The zero-order valence-electron chi connectivity index (χ0n) is 16.6. The Balaban J connectivity index is 1.37. The Bertz CT molecular complexity index is 875. The number of hydrogen-bond acceptors (Lipinski definition) is 4. The van der Waals surface area contributed by atoms with E-state index in [2.05, 4.69) is 24.4 Å². The summed E-state index contributed by atoms with van der Waals surface area (Å²) in [6, 6.07) is -0.00315. The highest BCUT2D eigenvalue weighted by Crippen LogP contribution is 2.38. The Kier molecular flexibility index (Phi) is 4.69. The number of alkyl halides is 1. The van der Waals surface area contributed by atoms with Crippen molar-refractivity contribution in [1.29, 1.82) is 0 Å². The van der Waals surface area contributed by atoms with E-state index >= 15 is 0 Å². The maximum atomic E-state index is 13.2. The maximum Gasteiger partial charge on any atom is 0.410 e. The van der Waals surface area contributed by atoms with E-state index in [0.717, 1.165) is 31.3 Å². The minimum Gasteiger partial charge on any atom is -0.442 e. The van der Waals surface area contributed by atoms with Crippen LogP contribution in [0.4, 0.5) is 4.79 Å². The number of rotatable bonds is 3. The van der Waals surface area contributed by atoms with Gasteiger partial charge in [0.2, 0.25) is 0 Å². The molecule has 4 aliphatic heterocycles. The van der Waals surface area contributed by atoms with Gasteiger partial charge in [0, 0.05) is 30.8 Å². The average molecular weight is 416 g/mol. The normalized spacial score (nSPS) is 33.4. The average Bonchev–Trinajstić information content (AvgIpc) is 3.03. The fourth-order valence-electron chi connectivity index (χ4n) is 5.19. The molecule has 0 saturated carbocycles. The summed E-state index contributed by atoms with van der Waals surface area (Å²) < 4.78 is 5.76. The molecule has 1 aliphatic carbocycles. The summed E-state index contributed by atoms with van der Waals surface area (Å²) >= 11 is 6.20. The molecule has 2 fully saturated rings. The first-order valence-electron chi connectivity index (χ1n) is 10.5. The smallest absolute Gasteiger partial charge is 0.410 e. The SMILES string of the molecule is CCC1CN(CC2OC(=O)N3CC4=C(C=CCC4)C[C@@H]23)C(=O)C2=CC(Cl)NC=C21. The summed E-state index contributed by atoms with van der Waals surface area (Å²) in [6.07, 6.45) is 11.3. The zero-order chi connectivity index (χ0) is 20.1. The van der Waals surface area contributed by atoms with E-state index < -0.39 is 0 Å². The molecule has 4 atom stereocenters. The number of dihydropyridines is 1. The van der Waals surface area contributed by atoms with Crippen molar-refractivity contribution in [2.75, 3.05) is 19.6 Å². The first kappa shape index (κ1) is 18.8. The third kappa shape index (κ3) is 3.18. The molecule has 0 aromatic carbocycles. The molecule has 0 spiro atoms. The van der Waals surface area contributed by atoms with Crippen LogP contribution in [-0.4, -0.2) is 59.1 Å². The molecule has 5 rings (SSSR count). The van der Waals surface area contributed by atoms with E-state index in [-0.39, 0.29) is 35.6 Å². The molecule has 5 aliphatic rings. The van der Waals surface area contributed by atoms with Crippen molar-refractivity contribution in [3.63, 3.8) is 0 Å². The van der Waals surface area contributed by atoms with Gasteiger partial charge in [-0.1, -0.05) is 30.7 Å². The molecular weight excluding hydrogens is 390 g/mol. The van der Waals surface area contributed by atoms with Gasteiger partial charge in [0.15, 0.2) is 0 Å². The van der Waals surface area contributed by atoms with Crippen LogP contribution in [0, 0.1) is 5.92 Å². The van der Waals surface area contributed by atoms with Crippen molar-refractivity contribution in [3.05, 3.63) is 46.7 Å². The lowest BCUT2D eigenvalue weighted by atomic mass is 9.83. The lowest BCUT2D eigenvalue weighted by Gasteiger charge is -2.39. The van der Waals surface area contributed by atoms with Crippen LogP contribution in [0.25, 0.3) is 0 Å². The van der Waals surface area contributed by atoms with Crippen molar-refractivity contribution in [2.24, 2.45) is 5.92 Å². The molecule has 2 amide bonds. The monoisotopic (exact) mass is 415 g/mol. The van der Waals surface area contributed by atoms with Gasteiger partial charge in [-0.25, -0.2) is 4.79 Å². The predicted octanol–water partition coefficient (Wildman–Crippen LogP) is 3.07. The lowest BCUT2D eigenvalue weighted by molar-refractivity contribution is -0.130. The number of nitrogens with one attached hydrogen (secondary N) is 1. The molecule has 6 nitrogen and oxygen atoms in total. The molecule has 4 heterocycles. The maximum absolute atomic E-state index is 13.2. The summed E-state index contributed by atoms with van der Waals surface area (Å²) in [7, 11) is 0. The molecule has 154 valence electrons. The molecule has 29 heavy (non-hydrogen) atoms. The first-order chi connectivity index (χ1) is 14.0. The van der Waals surface area contributed by atoms with Gasteiger partial charge < -0.3 is 15.0 Å². The Morgan fingerprint density at radius 3 is 3.03 bits per heavy atom. The minimum atomic E-state index is -0.378. The standard InChI is InChI=1S/C22H26ClN3O3/c1-2-13-10-25(21(27)16-8-20(23)24-9-17(13)16)12-19-18-7-14-5-3-4-6-15(14)11-26(18)22(28)29-19/h3,5,8-9,13,18-20,24H,2,4,6-7,10-12H2,1H3/t13?,18-,19?,20?/m0/s1. The van der Waals surface area contributed by atoms with Gasteiger partial charge in [-0.3, -0.25) is 9.69 Å². The molecule has 0 bridgehead atoms. The molecule has 1 N–H and O–H groups in total. The van der Waals surface area contributed by atoms with Crippen molar-refractivity contribution in [2.45, 2.75) is 50.3 Å². The summed E-state index contributed by atoms with van der Waals surface area (Å²) in [6.45, 7) is 3.86. The largest absolute Gasteiger partial charge is 0.442 e. The lowest BCUT2D eigenvalue weighted by Crippen LogP contribution is -2.50. The van der Waals surface area contributed by atoms with Crippen LogP contribution in [0.15, 0.2) is 46.7 Å². The third-order valence-corrected chi connectivity index (χ3v) is 7.06. The molecule has 3 unspecified atom stereocenters. The number of allylic oxidation sites excluding steroid dienone is 2. The fourth-order valence-corrected chi connectivity index (χ4v) is 5.38. The van der Waals surface area contributed by atoms with Gasteiger partial charge in [-0.05, 0) is 48.5 Å². The van der Waals surface area contributed by atoms with Gasteiger partial charge in [0.25, 0.3) is 5.91 Å². The van der Waals surface area contributed by atoms with Crippen LogP contribution < -0.4 is 5.32 Å². The van der Waals surface area contributed by atoms with E-state index in [9.17, 15) is 9.59 Å². The highest BCUT2D eigenvalue weighted by Gasteiger charge is 2.47. The van der Waals surface area contributed by atoms with Crippen LogP contribution in [0.1, 0.15) is 32.6 Å². The van der Waals surface area contributed by atoms with E-state index in [0.29, 0.717) is 25.2 Å². The number of ether oxygens (including phenoxy) is 1. The number of fused-ring (bicyclic) bond motifs is 2. The molecule has 0 radical (unpaired) electrons. The number of carbonyl (C=O) groups excluding carboxylic acids is 2. The molecule has 2 saturated heterocycles. The summed E-state index contributed by atoms with van der Waals surface area (Å²) in [4.78, 5) is 29.4. The third-order valence-electron chi connectivity index (χ3n) is 6.81. The molecule has 0 aromatic heterocycles. The highest BCUT2D eigenvalue weighted by atomic mass is 35.5. The van der Waals surface area contributed by atoms with Crippen LogP contribution in [0.3, 0.4) is 0 Å². The minimum absolute atomic E-state index is 0.00315. The van der Waals surface area contributed by atoms with Crippen molar-refractivity contribution >= 4 is 23.6 Å². The molecular formula is C22H26ClN3O3. The van der Waals surface area contributed by atoms with E-state index in [1.807, 2.05) is 16.0 Å². The first-order valence-corrected chi connectivity index (χ1v) is 10.9. The molecule has 7 heteroatoms. The number of cyclic esters (lactones) is 1. The number of piperidine rings is 1. The Labute approximate surface area is 175 Å².